The van der Waals surface area contributed by atoms with Crippen LogP contribution >= 0.6 is 11.8 Å². The second kappa shape index (κ2) is 6.57. The smallest absolute Gasteiger partial charge is 0.217 e. The van der Waals surface area contributed by atoms with Crippen LogP contribution in [0.2, 0.25) is 0 Å². The molecule has 2 aliphatic rings. The van der Waals surface area contributed by atoms with Crippen LogP contribution in [0.1, 0.15) is 31.4 Å². The molecule has 22 heavy (non-hydrogen) atoms. The lowest BCUT2D eigenvalue weighted by Crippen LogP contribution is -2.30. The van der Waals surface area contributed by atoms with Gasteiger partial charge in [0.1, 0.15) is 0 Å². The van der Waals surface area contributed by atoms with Gasteiger partial charge in [0.05, 0.1) is 12.2 Å². The van der Waals surface area contributed by atoms with E-state index in [9.17, 15) is 4.79 Å². The zero-order chi connectivity index (χ0) is 15.5. The summed E-state index contributed by atoms with van der Waals surface area (Å²) in [6.45, 7) is 5.50. The summed E-state index contributed by atoms with van der Waals surface area (Å²) >= 11 is 1.71. The normalized spacial score (nSPS) is 17.8. The lowest BCUT2D eigenvalue weighted by atomic mass is 10.0. The number of nitrogens with zero attached hydrogens (tertiary/aromatic N) is 2. The highest BCUT2D eigenvalue weighted by molar-refractivity contribution is 8.16. The first-order valence-electron chi connectivity index (χ1n) is 7.69. The highest BCUT2D eigenvalue weighted by atomic mass is 32.2. The van der Waals surface area contributed by atoms with Crippen molar-refractivity contribution in [3.8, 4) is 0 Å². The zero-order valence-electron chi connectivity index (χ0n) is 13.0. The van der Waals surface area contributed by atoms with E-state index < -0.39 is 0 Å². The molecule has 1 amide bonds. The second-order valence-corrected chi connectivity index (χ2v) is 6.61. The maximum Gasteiger partial charge on any atom is 0.217 e. The van der Waals surface area contributed by atoms with Crippen molar-refractivity contribution in [3.05, 3.63) is 40.8 Å². The van der Waals surface area contributed by atoms with E-state index in [1.807, 2.05) is 6.92 Å². The maximum atomic E-state index is 11.0. The molecule has 1 aromatic rings. The molecule has 3 rings (SSSR count). The predicted molar refractivity (Wildman–Crippen MR) is 92.6 cm³/mol. The van der Waals surface area contributed by atoms with Crippen molar-refractivity contribution in [1.82, 2.24) is 10.2 Å². The number of benzene rings is 1. The molecule has 0 saturated carbocycles. The summed E-state index contributed by atoms with van der Waals surface area (Å²) < 4.78 is 0. The third kappa shape index (κ3) is 3.35. The van der Waals surface area contributed by atoms with Crippen molar-refractivity contribution in [3.63, 3.8) is 0 Å². The quantitative estimate of drug-likeness (QED) is 0.909. The molecule has 0 bridgehead atoms. The first-order valence-corrected chi connectivity index (χ1v) is 8.56. The van der Waals surface area contributed by atoms with Crippen LogP contribution in [0.5, 0.6) is 0 Å². The summed E-state index contributed by atoms with van der Waals surface area (Å²) in [5, 5.41) is 6.24. The standard InChI is InChI=1S/C17H21N3OS/c1-12(19-13(2)21)3-4-14-5-7-15(8-6-14)16-11-22-17-18-9-10-20(16)17/h5-8,11-12H,3-4,9-10H2,1-2H3,(H,19,21)/t12-/m0/s1. The monoisotopic (exact) mass is 315 g/mol. The van der Waals surface area contributed by atoms with Gasteiger partial charge in [0.25, 0.3) is 0 Å². The van der Waals surface area contributed by atoms with Gasteiger partial charge in [-0.1, -0.05) is 36.0 Å². The molecular formula is C17H21N3OS. The molecule has 0 fully saturated rings. The number of amidine groups is 1. The lowest BCUT2D eigenvalue weighted by molar-refractivity contribution is -0.119. The third-order valence-electron chi connectivity index (χ3n) is 3.93. The Morgan fingerprint density at radius 1 is 1.41 bits per heavy atom. The summed E-state index contributed by atoms with van der Waals surface area (Å²) in [7, 11) is 0. The third-order valence-corrected chi connectivity index (χ3v) is 4.84. The largest absolute Gasteiger partial charge is 0.354 e. The van der Waals surface area contributed by atoms with Gasteiger partial charge in [-0.2, -0.15) is 0 Å². The molecule has 1 N–H and O–H groups in total. The van der Waals surface area contributed by atoms with Gasteiger partial charge >= 0.3 is 0 Å². The van der Waals surface area contributed by atoms with Crippen molar-refractivity contribution in [2.45, 2.75) is 32.7 Å². The first kappa shape index (κ1) is 15.2. The average molecular weight is 315 g/mol. The first-order chi connectivity index (χ1) is 10.6. The van der Waals surface area contributed by atoms with Gasteiger partial charge in [0.15, 0.2) is 5.17 Å². The number of fused-ring (bicyclic) bond motifs is 1. The van der Waals surface area contributed by atoms with E-state index in [-0.39, 0.29) is 11.9 Å². The van der Waals surface area contributed by atoms with E-state index in [1.165, 1.54) is 16.8 Å². The molecule has 0 spiro atoms. The molecule has 0 aromatic heterocycles. The van der Waals surface area contributed by atoms with E-state index in [2.05, 4.69) is 44.9 Å². The van der Waals surface area contributed by atoms with Crippen LogP contribution in [-0.2, 0) is 11.2 Å². The SMILES string of the molecule is CC(=O)N[C@@H](C)CCc1ccc(C2=CSC3=NCCN23)cc1. The van der Waals surface area contributed by atoms with Gasteiger partial charge < -0.3 is 10.2 Å². The van der Waals surface area contributed by atoms with Crippen LogP contribution < -0.4 is 5.32 Å². The fraction of sp³-hybridized carbons (Fsp3) is 0.412. The average Bonchev–Trinajstić information content (AvgIpc) is 3.08. The van der Waals surface area contributed by atoms with E-state index in [0.29, 0.717) is 0 Å². The number of hydrogen-bond acceptors (Lipinski definition) is 4. The van der Waals surface area contributed by atoms with Crippen molar-refractivity contribution in [2.75, 3.05) is 13.1 Å². The number of thioether (sulfide) groups is 1. The highest BCUT2D eigenvalue weighted by Crippen LogP contribution is 2.35. The minimum absolute atomic E-state index is 0.0385. The highest BCUT2D eigenvalue weighted by Gasteiger charge is 2.26. The molecule has 2 heterocycles. The number of rotatable bonds is 5. The lowest BCUT2D eigenvalue weighted by Gasteiger charge is -2.17. The summed E-state index contributed by atoms with van der Waals surface area (Å²) in [4.78, 5) is 17.8. The molecule has 1 aromatic carbocycles. The van der Waals surface area contributed by atoms with Crippen LogP contribution in [0.3, 0.4) is 0 Å². The number of aliphatic imine (C=N–C) groups is 1. The molecule has 116 valence electrons. The number of carbonyl (C=O) groups excluding carboxylic acids is 1. The van der Waals surface area contributed by atoms with Crippen LogP contribution in [-0.4, -0.2) is 35.1 Å². The van der Waals surface area contributed by atoms with E-state index >= 15 is 0 Å². The van der Waals surface area contributed by atoms with Crippen LogP contribution in [0.4, 0.5) is 0 Å². The molecule has 2 aliphatic heterocycles. The van der Waals surface area contributed by atoms with Crippen molar-refractivity contribution < 1.29 is 4.79 Å². The maximum absolute atomic E-state index is 11.0. The van der Waals surface area contributed by atoms with Gasteiger partial charge in [-0.3, -0.25) is 9.79 Å². The summed E-state index contributed by atoms with van der Waals surface area (Å²) in [5.74, 6) is 0.0385. The molecule has 4 nitrogen and oxygen atoms in total. The summed E-state index contributed by atoms with van der Waals surface area (Å²) in [5.41, 5.74) is 3.82. The predicted octanol–water partition coefficient (Wildman–Crippen LogP) is 2.86. The Bertz CT molecular complexity index is 621. The Balaban J connectivity index is 1.59. The van der Waals surface area contributed by atoms with Gasteiger partial charge in [-0.15, -0.1) is 0 Å². The number of amides is 1. The Hall–Kier alpha value is -1.75. The molecule has 0 unspecified atom stereocenters. The Kier molecular flexibility index (Phi) is 4.52. The Morgan fingerprint density at radius 3 is 2.91 bits per heavy atom. The minimum atomic E-state index is 0.0385. The Labute approximate surface area is 135 Å². The van der Waals surface area contributed by atoms with Crippen LogP contribution in [0.25, 0.3) is 5.70 Å². The fourth-order valence-corrected chi connectivity index (χ4v) is 3.75. The summed E-state index contributed by atoms with van der Waals surface area (Å²) in [6, 6.07) is 8.96. The number of nitrogens with one attached hydrogen (secondary N) is 1. The van der Waals surface area contributed by atoms with E-state index in [1.54, 1.807) is 18.7 Å². The van der Waals surface area contributed by atoms with E-state index in [4.69, 9.17) is 0 Å². The number of hydrogen-bond donors (Lipinski definition) is 1. The van der Waals surface area contributed by atoms with Crippen molar-refractivity contribution >= 4 is 28.5 Å². The fourth-order valence-electron chi connectivity index (χ4n) is 2.79. The molecular weight excluding hydrogens is 294 g/mol. The zero-order valence-corrected chi connectivity index (χ0v) is 13.8. The molecule has 0 aliphatic carbocycles. The van der Waals surface area contributed by atoms with Crippen molar-refractivity contribution in [1.29, 1.82) is 0 Å². The van der Waals surface area contributed by atoms with Gasteiger partial charge in [-0.25, -0.2) is 0 Å². The summed E-state index contributed by atoms with van der Waals surface area (Å²) in [6.07, 6.45) is 1.94. The number of aryl methyl sites for hydroxylation is 1. The second-order valence-electron chi connectivity index (χ2n) is 5.77. The number of carbonyl (C=O) groups is 1. The van der Waals surface area contributed by atoms with Crippen molar-refractivity contribution in [2.24, 2.45) is 4.99 Å². The van der Waals surface area contributed by atoms with Gasteiger partial charge in [0, 0.05) is 24.9 Å². The molecule has 0 radical (unpaired) electrons. The topological polar surface area (TPSA) is 44.7 Å². The van der Waals surface area contributed by atoms with Crippen LogP contribution in [0, 0.1) is 0 Å². The van der Waals surface area contributed by atoms with Gasteiger partial charge in [-0.05, 0) is 30.9 Å². The van der Waals surface area contributed by atoms with Gasteiger partial charge in [0.2, 0.25) is 5.91 Å². The minimum Gasteiger partial charge on any atom is -0.354 e. The molecule has 0 saturated heterocycles. The Morgan fingerprint density at radius 2 is 2.18 bits per heavy atom. The van der Waals surface area contributed by atoms with Crippen LogP contribution in [0.15, 0.2) is 34.7 Å². The van der Waals surface area contributed by atoms with E-state index in [0.717, 1.165) is 31.1 Å². The molecule has 5 heteroatoms. The molecule has 1 atom stereocenters.